The summed E-state index contributed by atoms with van der Waals surface area (Å²) < 4.78 is 0. The summed E-state index contributed by atoms with van der Waals surface area (Å²) in [6, 6.07) is 16.6. The Labute approximate surface area is 146 Å². The standard InChI is InChI=1S/C22H30N2/c1-18-6-4-10-21(16-18)24-14-12-23(13-15-24)17-20-9-5-8-19-7-2-3-11-22(19)20/h2-3,5,7-9,11,18,21H,4,6,10,12-17H2,1H3/p+2/t18-,21+/m1/s1. The van der Waals surface area contributed by atoms with Gasteiger partial charge in [-0.05, 0) is 29.5 Å². The normalized spacial score (nSPS) is 31.2. The summed E-state index contributed by atoms with van der Waals surface area (Å²) in [5, 5.41) is 2.83. The first-order valence-corrected chi connectivity index (χ1v) is 9.94. The molecule has 1 aliphatic heterocycles. The van der Waals surface area contributed by atoms with Gasteiger partial charge in [-0.25, -0.2) is 0 Å². The molecule has 2 aromatic rings. The first-order valence-electron chi connectivity index (χ1n) is 9.94. The molecule has 4 rings (SSSR count). The molecule has 2 N–H and O–H groups in total. The van der Waals surface area contributed by atoms with E-state index in [9.17, 15) is 0 Å². The highest BCUT2D eigenvalue weighted by molar-refractivity contribution is 5.85. The zero-order chi connectivity index (χ0) is 16.4. The van der Waals surface area contributed by atoms with Crippen LogP contribution < -0.4 is 9.80 Å². The van der Waals surface area contributed by atoms with Crippen molar-refractivity contribution in [3.05, 3.63) is 48.0 Å². The molecule has 1 saturated heterocycles. The Morgan fingerprint density at radius 2 is 1.71 bits per heavy atom. The average Bonchev–Trinajstić information content (AvgIpc) is 2.63. The third-order valence-electron chi connectivity index (χ3n) is 6.43. The molecule has 2 aliphatic rings. The van der Waals surface area contributed by atoms with E-state index in [1.807, 2.05) is 4.90 Å². The van der Waals surface area contributed by atoms with Crippen molar-refractivity contribution in [2.75, 3.05) is 26.2 Å². The topological polar surface area (TPSA) is 8.88 Å². The molecule has 2 atom stereocenters. The molecule has 0 amide bonds. The lowest BCUT2D eigenvalue weighted by atomic mass is 9.86. The Hall–Kier alpha value is -1.38. The van der Waals surface area contributed by atoms with Gasteiger partial charge in [0.2, 0.25) is 0 Å². The second-order valence-corrected chi connectivity index (χ2v) is 8.19. The van der Waals surface area contributed by atoms with E-state index in [0.29, 0.717) is 0 Å². The van der Waals surface area contributed by atoms with Gasteiger partial charge in [0, 0.05) is 12.0 Å². The molecule has 128 valence electrons. The Kier molecular flexibility index (Phi) is 4.86. The first kappa shape index (κ1) is 16.1. The van der Waals surface area contributed by atoms with Crippen LogP contribution in [0.1, 0.15) is 38.2 Å². The Morgan fingerprint density at radius 1 is 0.917 bits per heavy atom. The molecule has 1 saturated carbocycles. The summed E-state index contributed by atoms with van der Waals surface area (Å²) in [4.78, 5) is 3.68. The number of hydrogen-bond acceptors (Lipinski definition) is 0. The van der Waals surface area contributed by atoms with E-state index in [1.54, 1.807) is 4.90 Å². The molecule has 1 heterocycles. The predicted octanol–water partition coefficient (Wildman–Crippen LogP) is 1.70. The fourth-order valence-corrected chi connectivity index (χ4v) is 5.03. The smallest absolute Gasteiger partial charge is 0.127 e. The Balaban J connectivity index is 1.37. The quantitative estimate of drug-likeness (QED) is 0.850. The van der Waals surface area contributed by atoms with E-state index in [2.05, 4.69) is 49.4 Å². The summed E-state index contributed by atoms with van der Waals surface area (Å²) in [6.45, 7) is 9.06. The minimum Gasteiger partial charge on any atom is -0.323 e. The molecule has 0 aromatic heterocycles. The minimum atomic E-state index is 0.952. The van der Waals surface area contributed by atoms with Crippen molar-refractivity contribution in [3.63, 3.8) is 0 Å². The highest BCUT2D eigenvalue weighted by Crippen LogP contribution is 2.22. The molecule has 24 heavy (non-hydrogen) atoms. The zero-order valence-corrected chi connectivity index (χ0v) is 15.1. The van der Waals surface area contributed by atoms with Crippen molar-refractivity contribution in [1.82, 2.24) is 0 Å². The number of benzene rings is 2. The number of quaternary nitrogens is 2. The van der Waals surface area contributed by atoms with Crippen molar-refractivity contribution >= 4 is 10.8 Å². The van der Waals surface area contributed by atoms with Crippen LogP contribution in [0, 0.1) is 5.92 Å². The second-order valence-electron chi connectivity index (χ2n) is 8.19. The first-order chi connectivity index (χ1) is 11.8. The highest BCUT2D eigenvalue weighted by Gasteiger charge is 2.32. The van der Waals surface area contributed by atoms with Crippen LogP contribution in [0.25, 0.3) is 10.8 Å². The lowest BCUT2D eigenvalue weighted by Crippen LogP contribution is -3.29. The number of hydrogen-bond donors (Lipinski definition) is 2. The summed E-state index contributed by atoms with van der Waals surface area (Å²) in [5.74, 6) is 0.956. The molecule has 2 heteroatoms. The summed E-state index contributed by atoms with van der Waals surface area (Å²) in [5.41, 5.74) is 1.53. The van der Waals surface area contributed by atoms with Crippen molar-refractivity contribution in [2.24, 2.45) is 5.92 Å². The van der Waals surface area contributed by atoms with Gasteiger partial charge in [-0.3, -0.25) is 0 Å². The van der Waals surface area contributed by atoms with Gasteiger partial charge in [0.1, 0.15) is 32.7 Å². The van der Waals surface area contributed by atoms with E-state index in [1.165, 1.54) is 74.7 Å². The lowest BCUT2D eigenvalue weighted by molar-refractivity contribution is -1.03. The SMILES string of the molecule is C[C@@H]1CCC[C@H]([NH+]2CC[NH+](Cc3cccc4ccccc34)CC2)C1. The third-order valence-corrected chi connectivity index (χ3v) is 6.43. The lowest BCUT2D eigenvalue weighted by Gasteiger charge is -2.37. The summed E-state index contributed by atoms with van der Waals surface area (Å²) in [6.07, 6.45) is 5.86. The summed E-state index contributed by atoms with van der Waals surface area (Å²) >= 11 is 0. The van der Waals surface area contributed by atoms with Crippen LogP contribution in [-0.4, -0.2) is 32.2 Å². The molecular weight excluding hydrogens is 292 g/mol. The third kappa shape index (κ3) is 3.50. The van der Waals surface area contributed by atoms with Gasteiger partial charge >= 0.3 is 0 Å². The van der Waals surface area contributed by atoms with Gasteiger partial charge in [0.25, 0.3) is 0 Å². The van der Waals surface area contributed by atoms with Crippen molar-refractivity contribution in [3.8, 4) is 0 Å². The van der Waals surface area contributed by atoms with E-state index in [0.717, 1.165) is 12.0 Å². The van der Waals surface area contributed by atoms with Gasteiger partial charge in [0.05, 0.1) is 6.04 Å². The molecule has 2 fully saturated rings. The van der Waals surface area contributed by atoms with Gasteiger partial charge in [-0.15, -0.1) is 0 Å². The largest absolute Gasteiger partial charge is 0.323 e. The van der Waals surface area contributed by atoms with E-state index in [-0.39, 0.29) is 0 Å². The maximum atomic E-state index is 2.45. The monoisotopic (exact) mass is 324 g/mol. The van der Waals surface area contributed by atoms with Crippen molar-refractivity contribution < 1.29 is 9.80 Å². The van der Waals surface area contributed by atoms with E-state index >= 15 is 0 Å². The Bertz CT molecular complexity index is 667. The number of fused-ring (bicyclic) bond motifs is 1. The highest BCUT2D eigenvalue weighted by atomic mass is 15.3. The van der Waals surface area contributed by atoms with Crippen molar-refractivity contribution in [1.29, 1.82) is 0 Å². The van der Waals surface area contributed by atoms with Crippen LogP contribution in [0.2, 0.25) is 0 Å². The van der Waals surface area contributed by atoms with Crippen LogP contribution >= 0.6 is 0 Å². The molecule has 0 bridgehead atoms. The van der Waals surface area contributed by atoms with Crippen LogP contribution in [0.3, 0.4) is 0 Å². The molecule has 0 radical (unpaired) electrons. The van der Waals surface area contributed by atoms with E-state index in [4.69, 9.17) is 0 Å². The fraction of sp³-hybridized carbons (Fsp3) is 0.545. The maximum absolute atomic E-state index is 2.45. The molecule has 0 unspecified atom stereocenters. The zero-order valence-electron chi connectivity index (χ0n) is 15.1. The van der Waals surface area contributed by atoms with Crippen LogP contribution in [0.15, 0.2) is 42.5 Å². The fourth-order valence-electron chi connectivity index (χ4n) is 5.03. The van der Waals surface area contributed by atoms with Gasteiger partial charge in [0.15, 0.2) is 0 Å². The summed E-state index contributed by atoms with van der Waals surface area (Å²) in [7, 11) is 0. The molecule has 2 nitrogen and oxygen atoms in total. The second kappa shape index (κ2) is 7.25. The van der Waals surface area contributed by atoms with Crippen LogP contribution in [0.4, 0.5) is 0 Å². The predicted molar refractivity (Wildman–Crippen MR) is 100 cm³/mol. The average molecular weight is 325 g/mol. The number of rotatable bonds is 3. The minimum absolute atomic E-state index is 0.952. The number of nitrogens with one attached hydrogen (secondary N) is 2. The Morgan fingerprint density at radius 3 is 2.54 bits per heavy atom. The van der Waals surface area contributed by atoms with Gasteiger partial charge in [-0.2, -0.15) is 0 Å². The molecule has 0 spiro atoms. The van der Waals surface area contributed by atoms with Crippen molar-refractivity contribution in [2.45, 2.75) is 45.2 Å². The van der Waals surface area contributed by atoms with Crippen LogP contribution in [-0.2, 0) is 6.54 Å². The number of piperazine rings is 1. The van der Waals surface area contributed by atoms with Gasteiger partial charge in [-0.1, -0.05) is 55.8 Å². The molecule has 2 aromatic carbocycles. The van der Waals surface area contributed by atoms with E-state index < -0.39 is 0 Å². The van der Waals surface area contributed by atoms with Gasteiger partial charge < -0.3 is 9.80 Å². The van der Waals surface area contributed by atoms with Crippen LogP contribution in [0.5, 0.6) is 0 Å². The molecule has 1 aliphatic carbocycles. The molecular formula is C22H32N2+2. The maximum Gasteiger partial charge on any atom is 0.127 e.